The van der Waals surface area contributed by atoms with E-state index in [2.05, 4.69) is 0 Å². The van der Waals surface area contributed by atoms with Crippen molar-refractivity contribution in [3.05, 3.63) is 108 Å². The molecule has 1 heterocycles. The lowest BCUT2D eigenvalue weighted by Crippen LogP contribution is -2.47. The molecule has 0 spiro atoms. The van der Waals surface area contributed by atoms with Gasteiger partial charge in [-0.3, -0.25) is 4.79 Å². The maximum atomic E-state index is 12.3. The minimum absolute atomic E-state index is 0.0833. The zero-order valence-electron chi connectivity index (χ0n) is 17.3. The van der Waals surface area contributed by atoms with Gasteiger partial charge in [-0.15, -0.1) is 0 Å². The van der Waals surface area contributed by atoms with Gasteiger partial charge in [-0.25, -0.2) is 0 Å². The highest BCUT2D eigenvalue weighted by Crippen LogP contribution is 2.33. The van der Waals surface area contributed by atoms with Crippen molar-refractivity contribution in [2.24, 2.45) is 0 Å². The fourth-order valence-electron chi connectivity index (χ4n) is 3.52. The van der Waals surface area contributed by atoms with E-state index < -0.39 is 11.9 Å². The van der Waals surface area contributed by atoms with E-state index in [1.54, 1.807) is 0 Å². The predicted octanol–water partition coefficient (Wildman–Crippen LogP) is 4.65. The van der Waals surface area contributed by atoms with Gasteiger partial charge in [0.15, 0.2) is 0 Å². The van der Waals surface area contributed by atoms with E-state index in [1.807, 2.05) is 91.0 Å². The molecule has 3 aromatic rings. The van der Waals surface area contributed by atoms with Crippen LogP contribution in [0.5, 0.6) is 0 Å². The molecule has 2 atom stereocenters. The van der Waals surface area contributed by atoms with E-state index in [9.17, 15) is 4.79 Å². The molecule has 5 heteroatoms. The van der Waals surface area contributed by atoms with Crippen LogP contribution in [-0.4, -0.2) is 24.5 Å². The van der Waals surface area contributed by atoms with Gasteiger partial charge in [0.2, 0.25) is 0 Å². The van der Waals surface area contributed by atoms with Crippen LogP contribution in [0.3, 0.4) is 0 Å². The zero-order chi connectivity index (χ0) is 21.4. The third-order valence-corrected chi connectivity index (χ3v) is 5.16. The Hall–Kier alpha value is -2.99. The molecule has 0 aromatic heterocycles. The van der Waals surface area contributed by atoms with Crippen LogP contribution >= 0.6 is 0 Å². The zero-order valence-corrected chi connectivity index (χ0v) is 17.3. The molecule has 0 aliphatic carbocycles. The lowest BCUT2D eigenvalue weighted by molar-refractivity contribution is -0.278. The molecular weight excluding hydrogens is 392 g/mol. The first-order chi connectivity index (χ1) is 15.2. The van der Waals surface area contributed by atoms with E-state index in [1.165, 1.54) is 0 Å². The average Bonchev–Trinajstić information content (AvgIpc) is 3.13. The maximum Gasteiger partial charge on any atom is 0.311 e. The van der Waals surface area contributed by atoms with Gasteiger partial charge in [0.25, 0.3) is 5.79 Å². The summed E-state index contributed by atoms with van der Waals surface area (Å²) in [5.74, 6) is -1.65. The summed E-state index contributed by atoms with van der Waals surface area (Å²) in [7, 11) is 0. The topological polar surface area (TPSA) is 54.0 Å². The molecule has 0 saturated carbocycles. The summed E-state index contributed by atoms with van der Waals surface area (Å²) in [6.07, 6.45) is -0.448. The van der Waals surface area contributed by atoms with Crippen LogP contribution in [0, 0.1) is 0 Å². The van der Waals surface area contributed by atoms with Gasteiger partial charge in [-0.05, 0) is 16.7 Å². The van der Waals surface area contributed by atoms with E-state index in [0.29, 0.717) is 13.2 Å². The third kappa shape index (κ3) is 5.79. The summed E-state index contributed by atoms with van der Waals surface area (Å²) in [6, 6.07) is 29.5. The van der Waals surface area contributed by atoms with Crippen molar-refractivity contribution in [2.45, 2.75) is 38.1 Å². The molecule has 0 radical (unpaired) electrons. The van der Waals surface area contributed by atoms with E-state index in [4.69, 9.17) is 18.9 Å². The Kier molecular flexibility index (Phi) is 7.10. The monoisotopic (exact) mass is 418 g/mol. The van der Waals surface area contributed by atoms with Gasteiger partial charge in [0, 0.05) is 0 Å². The lowest BCUT2D eigenvalue weighted by atomic mass is 10.1. The van der Waals surface area contributed by atoms with Crippen LogP contribution in [0.1, 0.15) is 23.1 Å². The molecule has 31 heavy (non-hydrogen) atoms. The highest BCUT2D eigenvalue weighted by molar-refractivity contribution is 5.73. The second-order valence-electron chi connectivity index (χ2n) is 7.53. The summed E-state index contributed by atoms with van der Waals surface area (Å²) in [6.45, 7) is 1.12. The number of ether oxygens (including phenoxy) is 4. The number of hydrogen-bond acceptors (Lipinski definition) is 5. The third-order valence-electron chi connectivity index (χ3n) is 5.16. The predicted molar refractivity (Wildman–Crippen MR) is 116 cm³/mol. The Labute approximate surface area is 182 Å². The van der Waals surface area contributed by atoms with Crippen molar-refractivity contribution in [1.82, 2.24) is 0 Å². The second kappa shape index (κ2) is 10.4. The normalized spacial score (nSPS) is 20.5. The Morgan fingerprint density at radius 1 is 0.742 bits per heavy atom. The van der Waals surface area contributed by atoms with Gasteiger partial charge >= 0.3 is 5.97 Å². The molecule has 0 N–H and O–H groups in total. The van der Waals surface area contributed by atoms with Crippen molar-refractivity contribution >= 4 is 5.97 Å². The van der Waals surface area contributed by atoms with Crippen LogP contribution in [-0.2, 0) is 43.6 Å². The van der Waals surface area contributed by atoms with Crippen molar-refractivity contribution < 1.29 is 23.7 Å². The molecular formula is C26H26O5. The van der Waals surface area contributed by atoms with Crippen LogP contribution in [0.4, 0.5) is 0 Å². The molecule has 0 unspecified atom stereocenters. The van der Waals surface area contributed by atoms with Gasteiger partial charge < -0.3 is 18.9 Å². The Morgan fingerprint density at radius 3 is 1.84 bits per heavy atom. The van der Waals surface area contributed by atoms with Crippen LogP contribution in [0.15, 0.2) is 91.0 Å². The lowest BCUT2D eigenvalue weighted by Gasteiger charge is -2.33. The maximum absolute atomic E-state index is 12.3. The van der Waals surface area contributed by atoms with Crippen LogP contribution in [0.2, 0.25) is 0 Å². The standard InChI is InChI=1S/C26H26O5/c27-25-16-24(29-18-22-12-6-2-7-13-22)26(31-25,30-19-23-14-8-3-9-15-23)20-28-17-21-10-4-1-5-11-21/h1-15,24H,16-20H2/t24-,26+/m0/s1. The van der Waals surface area contributed by atoms with Gasteiger partial charge in [0.1, 0.15) is 12.7 Å². The number of rotatable bonds is 10. The van der Waals surface area contributed by atoms with Crippen LogP contribution < -0.4 is 0 Å². The summed E-state index contributed by atoms with van der Waals surface area (Å²) in [4.78, 5) is 12.3. The van der Waals surface area contributed by atoms with Crippen LogP contribution in [0.25, 0.3) is 0 Å². The minimum Gasteiger partial charge on any atom is -0.427 e. The van der Waals surface area contributed by atoms with Gasteiger partial charge in [0.05, 0.1) is 26.2 Å². The minimum atomic E-state index is -1.30. The summed E-state index contributed by atoms with van der Waals surface area (Å²) >= 11 is 0. The van der Waals surface area contributed by atoms with Gasteiger partial charge in [-0.1, -0.05) is 91.0 Å². The molecule has 1 saturated heterocycles. The van der Waals surface area contributed by atoms with Gasteiger partial charge in [-0.2, -0.15) is 0 Å². The Bertz CT molecular complexity index is 945. The van der Waals surface area contributed by atoms with E-state index in [0.717, 1.165) is 16.7 Å². The molecule has 4 rings (SSSR count). The Balaban J connectivity index is 1.47. The van der Waals surface area contributed by atoms with Crippen molar-refractivity contribution in [1.29, 1.82) is 0 Å². The smallest absolute Gasteiger partial charge is 0.311 e. The summed E-state index contributed by atoms with van der Waals surface area (Å²) in [5, 5.41) is 0. The summed E-state index contributed by atoms with van der Waals surface area (Å²) < 4.78 is 24.0. The summed E-state index contributed by atoms with van der Waals surface area (Å²) in [5.41, 5.74) is 3.03. The second-order valence-corrected chi connectivity index (χ2v) is 7.53. The number of cyclic esters (lactones) is 1. The molecule has 1 fully saturated rings. The first kappa shape index (κ1) is 21.2. The number of benzene rings is 3. The molecule has 5 nitrogen and oxygen atoms in total. The molecule has 0 bridgehead atoms. The molecule has 1 aliphatic rings. The highest BCUT2D eigenvalue weighted by Gasteiger charge is 2.52. The van der Waals surface area contributed by atoms with Crippen molar-refractivity contribution in [3.63, 3.8) is 0 Å². The first-order valence-corrected chi connectivity index (χ1v) is 10.4. The number of carbonyl (C=O) groups is 1. The molecule has 0 amide bonds. The van der Waals surface area contributed by atoms with E-state index in [-0.39, 0.29) is 25.6 Å². The highest BCUT2D eigenvalue weighted by atomic mass is 16.8. The molecule has 160 valence electrons. The van der Waals surface area contributed by atoms with Crippen molar-refractivity contribution in [2.75, 3.05) is 6.61 Å². The number of hydrogen-bond donors (Lipinski definition) is 0. The molecule has 3 aromatic carbocycles. The average molecular weight is 418 g/mol. The quantitative estimate of drug-likeness (QED) is 0.449. The number of carbonyl (C=O) groups excluding carboxylic acids is 1. The SMILES string of the molecule is O=C1C[C@H](OCc2ccccc2)[C@](COCc2ccccc2)(OCc2ccccc2)O1. The molecule has 1 aliphatic heterocycles. The number of esters is 1. The fraction of sp³-hybridized carbons (Fsp3) is 0.269. The Morgan fingerprint density at radius 2 is 1.26 bits per heavy atom. The largest absolute Gasteiger partial charge is 0.427 e. The van der Waals surface area contributed by atoms with Crippen molar-refractivity contribution in [3.8, 4) is 0 Å². The first-order valence-electron chi connectivity index (χ1n) is 10.4. The van der Waals surface area contributed by atoms with E-state index >= 15 is 0 Å². The fourth-order valence-corrected chi connectivity index (χ4v) is 3.52.